The molecule has 0 aromatic heterocycles. The van der Waals surface area contributed by atoms with E-state index in [1.54, 1.807) is 0 Å². The highest BCUT2D eigenvalue weighted by Gasteiger charge is 2.42. The normalized spacial score (nSPS) is 22.9. The molecule has 2 atom stereocenters. The molecule has 2 unspecified atom stereocenters. The van der Waals surface area contributed by atoms with Gasteiger partial charge in [0.1, 0.15) is 0 Å². The van der Waals surface area contributed by atoms with Crippen molar-refractivity contribution in [2.45, 2.75) is 18.5 Å². The van der Waals surface area contributed by atoms with Gasteiger partial charge in [0.05, 0.1) is 10.5 Å². The Balaban J connectivity index is 2.40. The van der Waals surface area contributed by atoms with Gasteiger partial charge in [-0.15, -0.1) is 0 Å². The standard InChI is InChI=1S/C11H11F3N2O2/c12-11(13,14)7-1-2-8(9-3-6(9)5-15)10(4-7)16(17)18/h1-2,4,6,9H,3,5,15H2. The highest BCUT2D eigenvalue weighted by molar-refractivity contribution is 5.48. The summed E-state index contributed by atoms with van der Waals surface area (Å²) >= 11 is 0. The van der Waals surface area contributed by atoms with Crippen molar-refractivity contribution in [1.29, 1.82) is 0 Å². The summed E-state index contributed by atoms with van der Waals surface area (Å²) in [7, 11) is 0. The number of nitrogens with zero attached hydrogens (tertiary/aromatic N) is 1. The van der Waals surface area contributed by atoms with Gasteiger partial charge in [-0.25, -0.2) is 0 Å². The van der Waals surface area contributed by atoms with E-state index in [2.05, 4.69) is 0 Å². The number of hydrogen-bond acceptors (Lipinski definition) is 3. The first-order chi connectivity index (χ1) is 8.34. The molecule has 2 N–H and O–H groups in total. The number of rotatable bonds is 3. The highest BCUT2D eigenvalue weighted by atomic mass is 19.4. The monoisotopic (exact) mass is 260 g/mol. The Morgan fingerprint density at radius 1 is 1.44 bits per heavy atom. The fourth-order valence-corrected chi connectivity index (χ4v) is 2.08. The van der Waals surface area contributed by atoms with Crippen molar-refractivity contribution < 1.29 is 18.1 Å². The molecular weight excluding hydrogens is 249 g/mol. The molecular formula is C11H11F3N2O2. The van der Waals surface area contributed by atoms with E-state index >= 15 is 0 Å². The van der Waals surface area contributed by atoms with E-state index in [1.807, 2.05) is 0 Å². The van der Waals surface area contributed by atoms with Crippen molar-refractivity contribution in [3.63, 3.8) is 0 Å². The average Bonchev–Trinajstić information content (AvgIpc) is 3.06. The third-order valence-corrected chi connectivity index (χ3v) is 3.18. The zero-order chi connectivity index (χ0) is 13.5. The lowest BCUT2D eigenvalue weighted by atomic mass is 10.0. The van der Waals surface area contributed by atoms with Crippen molar-refractivity contribution in [2.24, 2.45) is 11.7 Å². The molecule has 0 amide bonds. The first-order valence-corrected chi connectivity index (χ1v) is 5.40. The lowest BCUT2D eigenvalue weighted by Crippen LogP contribution is -2.07. The van der Waals surface area contributed by atoms with E-state index in [9.17, 15) is 23.3 Å². The van der Waals surface area contributed by atoms with Crippen LogP contribution in [-0.2, 0) is 6.18 Å². The Labute approximate surface area is 101 Å². The summed E-state index contributed by atoms with van der Waals surface area (Å²) < 4.78 is 37.4. The number of nitro groups is 1. The maximum absolute atomic E-state index is 12.5. The maximum Gasteiger partial charge on any atom is 0.416 e. The molecule has 1 fully saturated rings. The molecule has 0 spiro atoms. The van der Waals surface area contributed by atoms with E-state index in [0.29, 0.717) is 24.6 Å². The summed E-state index contributed by atoms with van der Waals surface area (Å²) in [5.41, 5.74) is 4.32. The van der Waals surface area contributed by atoms with Crippen LogP contribution in [0.3, 0.4) is 0 Å². The minimum atomic E-state index is -4.57. The van der Waals surface area contributed by atoms with Crippen LogP contribution >= 0.6 is 0 Å². The number of benzene rings is 1. The van der Waals surface area contributed by atoms with Gasteiger partial charge in [-0.3, -0.25) is 10.1 Å². The van der Waals surface area contributed by atoms with Crippen molar-refractivity contribution in [3.05, 3.63) is 39.4 Å². The highest BCUT2D eigenvalue weighted by Crippen LogP contribution is 2.50. The van der Waals surface area contributed by atoms with E-state index in [-0.39, 0.29) is 11.8 Å². The second-order valence-corrected chi connectivity index (χ2v) is 4.37. The molecule has 98 valence electrons. The molecule has 0 bridgehead atoms. The molecule has 7 heteroatoms. The van der Waals surface area contributed by atoms with Crippen LogP contribution in [0.2, 0.25) is 0 Å². The van der Waals surface area contributed by atoms with Crippen LogP contribution in [0.25, 0.3) is 0 Å². The van der Waals surface area contributed by atoms with Crippen molar-refractivity contribution >= 4 is 5.69 Å². The summed E-state index contributed by atoms with van der Waals surface area (Å²) in [6.45, 7) is 0.392. The zero-order valence-electron chi connectivity index (χ0n) is 9.28. The van der Waals surface area contributed by atoms with Crippen molar-refractivity contribution in [1.82, 2.24) is 0 Å². The maximum atomic E-state index is 12.5. The molecule has 18 heavy (non-hydrogen) atoms. The average molecular weight is 260 g/mol. The Morgan fingerprint density at radius 2 is 2.11 bits per heavy atom. The number of nitro benzene ring substituents is 1. The smallest absolute Gasteiger partial charge is 0.330 e. The van der Waals surface area contributed by atoms with Gasteiger partial charge in [0.25, 0.3) is 5.69 Å². The lowest BCUT2D eigenvalue weighted by molar-refractivity contribution is -0.385. The van der Waals surface area contributed by atoms with Crippen LogP contribution in [0, 0.1) is 16.0 Å². The third-order valence-electron chi connectivity index (χ3n) is 3.18. The van der Waals surface area contributed by atoms with E-state index in [0.717, 1.165) is 6.07 Å². The number of nitrogens with two attached hydrogens (primary N) is 1. The molecule has 0 radical (unpaired) electrons. The number of hydrogen-bond donors (Lipinski definition) is 1. The van der Waals surface area contributed by atoms with Crippen LogP contribution in [0.5, 0.6) is 0 Å². The van der Waals surface area contributed by atoms with Gasteiger partial charge >= 0.3 is 6.18 Å². The number of halogens is 3. The van der Waals surface area contributed by atoms with Gasteiger partial charge in [0.15, 0.2) is 0 Å². The summed E-state index contributed by atoms with van der Waals surface area (Å²) in [4.78, 5) is 10.1. The summed E-state index contributed by atoms with van der Waals surface area (Å²) in [6, 6.07) is 2.68. The first kappa shape index (κ1) is 12.8. The number of alkyl halides is 3. The van der Waals surface area contributed by atoms with Gasteiger partial charge in [-0.1, -0.05) is 6.07 Å². The second-order valence-electron chi connectivity index (χ2n) is 4.37. The van der Waals surface area contributed by atoms with Crippen LogP contribution in [0.15, 0.2) is 18.2 Å². The van der Waals surface area contributed by atoms with E-state index in [1.165, 1.54) is 6.07 Å². The van der Waals surface area contributed by atoms with Gasteiger partial charge in [-0.05, 0) is 30.9 Å². The summed E-state index contributed by atoms with van der Waals surface area (Å²) in [5, 5.41) is 10.8. The lowest BCUT2D eigenvalue weighted by Gasteiger charge is -2.08. The quantitative estimate of drug-likeness (QED) is 0.671. The van der Waals surface area contributed by atoms with Crippen LogP contribution in [0.4, 0.5) is 18.9 Å². The Bertz CT molecular complexity index is 488. The molecule has 1 aromatic rings. The Hall–Kier alpha value is -1.63. The van der Waals surface area contributed by atoms with Crippen LogP contribution < -0.4 is 5.73 Å². The first-order valence-electron chi connectivity index (χ1n) is 5.40. The summed E-state index contributed by atoms with van der Waals surface area (Å²) in [5.74, 6) is 0.0538. The Kier molecular flexibility index (Phi) is 3.02. The van der Waals surface area contributed by atoms with Gasteiger partial charge in [0, 0.05) is 11.6 Å². The largest absolute Gasteiger partial charge is 0.416 e. The minimum Gasteiger partial charge on any atom is -0.330 e. The molecule has 2 rings (SSSR count). The van der Waals surface area contributed by atoms with Gasteiger partial charge in [0.2, 0.25) is 0 Å². The van der Waals surface area contributed by atoms with E-state index in [4.69, 9.17) is 5.73 Å². The predicted molar refractivity (Wildman–Crippen MR) is 58.0 cm³/mol. The third kappa shape index (κ3) is 2.31. The SMILES string of the molecule is NCC1CC1c1ccc(C(F)(F)F)cc1[N+](=O)[O-]. The molecule has 1 saturated carbocycles. The fourth-order valence-electron chi connectivity index (χ4n) is 2.08. The summed E-state index contributed by atoms with van der Waals surface area (Å²) in [6.07, 6.45) is -3.87. The second kappa shape index (κ2) is 4.24. The molecule has 4 nitrogen and oxygen atoms in total. The zero-order valence-corrected chi connectivity index (χ0v) is 9.28. The molecule has 1 aliphatic carbocycles. The Morgan fingerprint density at radius 3 is 2.56 bits per heavy atom. The molecule has 1 aliphatic rings. The molecule has 0 aliphatic heterocycles. The van der Waals surface area contributed by atoms with Crippen molar-refractivity contribution in [3.8, 4) is 0 Å². The molecule has 1 aromatic carbocycles. The topological polar surface area (TPSA) is 69.2 Å². The van der Waals surface area contributed by atoms with Gasteiger partial charge in [-0.2, -0.15) is 13.2 Å². The van der Waals surface area contributed by atoms with Crippen molar-refractivity contribution in [2.75, 3.05) is 6.54 Å². The van der Waals surface area contributed by atoms with Gasteiger partial charge < -0.3 is 5.73 Å². The fraction of sp³-hybridized carbons (Fsp3) is 0.455. The molecule has 0 saturated heterocycles. The minimum absolute atomic E-state index is 0.0855. The predicted octanol–water partition coefficient (Wildman–Crippen LogP) is 2.68. The van der Waals surface area contributed by atoms with E-state index < -0.39 is 22.4 Å². The van der Waals surface area contributed by atoms with Crippen LogP contribution in [-0.4, -0.2) is 11.5 Å². The van der Waals surface area contributed by atoms with Crippen LogP contribution in [0.1, 0.15) is 23.5 Å². The molecule has 0 heterocycles.